The average Bonchev–Trinajstić information content (AvgIpc) is 2.78. The molecular formula is C13H10NO. The molecule has 2 heteroatoms. The molecule has 1 aromatic heterocycles. The Labute approximate surface area is 88.5 Å². The Morgan fingerprint density at radius 1 is 1.13 bits per heavy atom. The van der Waals surface area contributed by atoms with Crippen LogP contribution >= 0.6 is 0 Å². The predicted octanol–water partition coefficient (Wildman–Crippen LogP) is 2.85. The molecule has 73 valence electrons. The summed E-state index contributed by atoms with van der Waals surface area (Å²) in [5.74, 6) is 0.977. The fourth-order valence-corrected chi connectivity index (χ4v) is 1.85. The normalized spacial score (nSPS) is 13.3. The van der Waals surface area contributed by atoms with E-state index < -0.39 is 0 Å². The van der Waals surface area contributed by atoms with Crippen LogP contribution in [-0.2, 0) is 6.42 Å². The Morgan fingerprint density at radius 3 is 3.00 bits per heavy atom. The third kappa shape index (κ3) is 1.38. The van der Waals surface area contributed by atoms with Crippen LogP contribution in [0.15, 0.2) is 42.7 Å². The largest absolute Gasteiger partial charge is 0.485 e. The highest BCUT2D eigenvalue weighted by atomic mass is 16.5. The van der Waals surface area contributed by atoms with Crippen molar-refractivity contribution in [1.29, 1.82) is 0 Å². The lowest BCUT2D eigenvalue weighted by atomic mass is 10.0. The molecular weight excluding hydrogens is 186 g/mol. The van der Waals surface area contributed by atoms with Crippen molar-refractivity contribution in [3.8, 4) is 16.9 Å². The van der Waals surface area contributed by atoms with Crippen molar-refractivity contribution in [1.82, 2.24) is 4.98 Å². The lowest BCUT2D eigenvalue weighted by molar-refractivity contribution is 0.436. The van der Waals surface area contributed by atoms with E-state index in [-0.39, 0.29) is 0 Å². The maximum atomic E-state index is 5.53. The van der Waals surface area contributed by atoms with Crippen LogP contribution in [-0.4, -0.2) is 4.98 Å². The van der Waals surface area contributed by atoms with Gasteiger partial charge < -0.3 is 4.74 Å². The Balaban J connectivity index is 2.17. The minimum Gasteiger partial charge on any atom is -0.485 e. The summed E-state index contributed by atoms with van der Waals surface area (Å²) in [6.07, 6.45) is 4.53. The number of aromatic nitrogens is 1. The number of rotatable bonds is 1. The molecule has 0 N–H and O–H groups in total. The molecule has 2 aromatic rings. The summed E-state index contributed by atoms with van der Waals surface area (Å²) < 4.78 is 5.53. The molecule has 0 saturated heterocycles. The third-order valence-electron chi connectivity index (χ3n) is 2.57. The fourth-order valence-electron chi connectivity index (χ4n) is 1.85. The van der Waals surface area contributed by atoms with Crippen molar-refractivity contribution in [3.05, 3.63) is 54.9 Å². The standard InChI is InChI=1S/C13H10NO/c1-3-10-6-8-15-13(10)12(5-1)11-4-2-7-14-9-11/h1-5,7-9H,6H2. The molecule has 3 rings (SSSR count). The number of ether oxygens (including phenoxy) is 1. The molecule has 0 atom stereocenters. The van der Waals surface area contributed by atoms with E-state index in [2.05, 4.69) is 23.2 Å². The highest BCUT2D eigenvalue weighted by molar-refractivity contribution is 5.72. The maximum absolute atomic E-state index is 5.53. The second-order valence-electron chi connectivity index (χ2n) is 3.52. The second-order valence-corrected chi connectivity index (χ2v) is 3.52. The van der Waals surface area contributed by atoms with Crippen LogP contribution in [0.2, 0.25) is 0 Å². The van der Waals surface area contributed by atoms with Crippen LogP contribution in [0.1, 0.15) is 5.56 Å². The van der Waals surface area contributed by atoms with Gasteiger partial charge in [-0.1, -0.05) is 24.3 Å². The molecule has 0 unspecified atom stereocenters. The van der Waals surface area contributed by atoms with Gasteiger partial charge in [-0.2, -0.15) is 0 Å². The minimum atomic E-state index is 0.892. The number of benzene rings is 1. The third-order valence-corrected chi connectivity index (χ3v) is 2.57. The molecule has 0 saturated carbocycles. The Bertz CT molecular complexity index is 479. The van der Waals surface area contributed by atoms with Gasteiger partial charge in [0.1, 0.15) is 12.4 Å². The van der Waals surface area contributed by atoms with Crippen LogP contribution in [0.5, 0.6) is 5.75 Å². The maximum Gasteiger partial charge on any atom is 0.140 e. The number of pyridine rings is 1. The zero-order chi connectivity index (χ0) is 10.1. The first-order chi connectivity index (χ1) is 7.45. The summed E-state index contributed by atoms with van der Waals surface area (Å²) in [5, 5.41) is 0. The average molecular weight is 196 g/mol. The lowest BCUT2D eigenvalue weighted by Gasteiger charge is -2.06. The SMILES string of the molecule is [CH]1Cc2cccc(-c3cccnc3)c2O1. The molecule has 1 radical (unpaired) electrons. The van der Waals surface area contributed by atoms with Crippen LogP contribution in [0.3, 0.4) is 0 Å². The van der Waals surface area contributed by atoms with Crippen LogP contribution in [0, 0.1) is 6.61 Å². The van der Waals surface area contributed by atoms with Gasteiger partial charge in [0.25, 0.3) is 0 Å². The molecule has 1 aliphatic rings. The zero-order valence-electron chi connectivity index (χ0n) is 8.18. The molecule has 0 aliphatic carbocycles. The topological polar surface area (TPSA) is 22.1 Å². The summed E-state index contributed by atoms with van der Waals surface area (Å²) in [6.45, 7) is 1.84. The number of hydrogen-bond acceptors (Lipinski definition) is 2. The van der Waals surface area contributed by atoms with Gasteiger partial charge in [0.05, 0.1) is 0 Å². The molecule has 1 aliphatic heterocycles. The van der Waals surface area contributed by atoms with E-state index in [0.717, 1.165) is 23.3 Å². The van der Waals surface area contributed by atoms with E-state index in [1.54, 1.807) is 6.20 Å². The van der Waals surface area contributed by atoms with Crippen molar-refractivity contribution in [2.24, 2.45) is 0 Å². The Morgan fingerprint density at radius 2 is 2.13 bits per heavy atom. The smallest absolute Gasteiger partial charge is 0.140 e. The number of para-hydroxylation sites is 1. The van der Waals surface area contributed by atoms with Crippen molar-refractivity contribution in [2.75, 3.05) is 0 Å². The van der Waals surface area contributed by atoms with E-state index in [4.69, 9.17) is 4.74 Å². The first-order valence-corrected chi connectivity index (χ1v) is 4.96. The van der Waals surface area contributed by atoms with Crippen LogP contribution in [0.25, 0.3) is 11.1 Å². The van der Waals surface area contributed by atoms with Gasteiger partial charge in [-0.15, -0.1) is 0 Å². The van der Waals surface area contributed by atoms with E-state index >= 15 is 0 Å². The van der Waals surface area contributed by atoms with Gasteiger partial charge in [-0.3, -0.25) is 4.98 Å². The van der Waals surface area contributed by atoms with E-state index in [1.807, 2.05) is 24.9 Å². The van der Waals surface area contributed by atoms with Gasteiger partial charge in [0.2, 0.25) is 0 Å². The van der Waals surface area contributed by atoms with Gasteiger partial charge in [-0.25, -0.2) is 0 Å². The minimum absolute atomic E-state index is 0.892. The summed E-state index contributed by atoms with van der Waals surface area (Å²) >= 11 is 0. The van der Waals surface area contributed by atoms with Crippen molar-refractivity contribution < 1.29 is 4.74 Å². The van der Waals surface area contributed by atoms with E-state index in [9.17, 15) is 0 Å². The lowest BCUT2D eigenvalue weighted by Crippen LogP contribution is -1.85. The summed E-state index contributed by atoms with van der Waals surface area (Å²) in [4.78, 5) is 4.12. The highest BCUT2D eigenvalue weighted by Crippen LogP contribution is 2.37. The van der Waals surface area contributed by atoms with Gasteiger partial charge in [0, 0.05) is 29.9 Å². The molecule has 0 spiro atoms. The zero-order valence-corrected chi connectivity index (χ0v) is 8.18. The van der Waals surface area contributed by atoms with Gasteiger partial charge in [-0.05, 0) is 11.6 Å². The Hall–Kier alpha value is -1.83. The van der Waals surface area contributed by atoms with E-state index in [1.165, 1.54) is 5.56 Å². The quantitative estimate of drug-likeness (QED) is 0.699. The van der Waals surface area contributed by atoms with Crippen molar-refractivity contribution in [3.63, 3.8) is 0 Å². The number of fused-ring (bicyclic) bond motifs is 1. The predicted molar refractivity (Wildman–Crippen MR) is 58.3 cm³/mol. The molecule has 0 fully saturated rings. The molecule has 2 nitrogen and oxygen atoms in total. The molecule has 0 bridgehead atoms. The van der Waals surface area contributed by atoms with Crippen molar-refractivity contribution in [2.45, 2.75) is 6.42 Å². The second kappa shape index (κ2) is 3.39. The van der Waals surface area contributed by atoms with Gasteiger partial charge >= 0.3 is 0 Å². The summed E-state index contributed by atoms with van der Waals surface area (Å²) in [5.41, 5.74) is 3.47. The van der Waals surface area contributed by atoms with Crippen molar-refractivity contribution >= 4 is 0 Å². The molecule has 15 heavy (non-hydrogen) atoms. The summed E-state index contributed by atoms with van der Waals surface area (Å²) in [6, 6.07) is 10.2. The molecule has 1 aromatic carbocycles. The first kappa shape index (κ1) is 8.48. The molecule has 2 heterocycles. The highest BCUT2D eigenvalue weighted by Gasteiger charge is 2.16. The Kier molecular flexibility index (Phi) is 1.91. The van der Waals surface area contributed by atoms with E-state index in [0.29, 0.717) is 0 Å². The van der Waals surface area contributed by atoms with Crippen LogP contribution in [0.4, 0.5) is 0 Å². The molecule has 0 amide bonds. The summed E-state index contributed by atoms with van der Waals surface area (Å²) in [7, 11) is 0. The van der Waals surface area contributed by atoms with Crippen LogP contribution < -0.4 is 4.74 Å². The monoisotopic (exact) mass is 196 g/mol. The first-order valence-electron chi connectivity index (χ1n) is 4.96. The van der Waals surface area contributed by atoms with Gasteiger partial charge in [0.15, 0.2) is 0 Å². The fraction of sp³-hybridized carbons (Fsp3) is 0.0769. The number of hydrogen-bond donors (Lipinski definition) is 0. The number of nitrogens with zero attached hydrogens (tertiary/aromatic N) is 1.